The number of nitrogens with zero attached hydrogens (tertiary/aromatic N) is 2. The summed E-state index contributed by atoms with van der Waals surface area (Å²) in [6, 6.07) is 48.7. The van der Waals surface area contributed by atoms with Crippen LogP contribution in [0, 0.1) is 0 Å². The fourth-order valence-corrected chi connectivity index (χ4v) is 6.65. The zero-order chi connectivity index (χ0) is 30.0. The fourth-order valence-electron chi connectivity index (χ4n) is 6.65. The number of fused-ring (bicyclic) bond motifs is 2. The van der Waals surface area contributed by atoms with E-state index < -0.39 is 0 Å². The first-order valence-corrected chi connectivity index (χ1v) is 15.7. The Morgan fingerprint density at radius 3 is 1.33 bits per heavy atom. The number of benzene rings is 6. The molecular weight excluding hydrogens is 520 g/mol. The van der Waals surface area contributed by atoms with Crippen molar-refractivity contribution in [3.05, 3.63) is 139 Å². The molecule has 6 aromatic rings. The van der Waals surface area contributed by atoms with Crippen LogP contribution in [-0.4, -0.2) is 5.54 Å². The molecule has 0 saturated heterocycles. The van der Waals surface area contributed by atoms with Crippen LogP contribution in [0.5, 0.6) is 0 Å². The van der Waals surface area contributed by atoms with Crippen molar-refractivity contribution in [3.63, 3.8) is 0 Å². The molecule has 216 valence electrons. The molecule has 0 heterocycles. The summed E-state index contributed by atoms with van der Waals surface area (Å²) in [4.78, 5) is 4.97. The van der Waals surface area contributed by atoms with Crippen LogP contribution < -0.4 is 9.80 Å². The maximum atomic E-state index is 2.52. The van der Waals surface area contributed by atoms with Gasteiger partial charge in [-0.15, -0.1) is 0 Å². The molecule has 0 aromatic heterocycles. The summed E-state index contributed by atoms with van der Waals surface area (Å²) in [5.74, 6) is 0.406. The summed E-state index contributed by atoms with van der Waals surface area (Å²) < 4.78 is 0. The van der Waals surface area contributed by atoms with E-state index in [-0.39, 0.29) is 5.54 Å². The van der Waals surface area contributed by atoms with Gasteiger partial charge in [0.05, 0.1) is 5.69 Å². The van der Waals surface area contributed by atoms with Crippen molar-refractivity contribution in [1.82, 2.24) is 0 Å². The third-order valence-corrected chi connectivity index (χ3v) is 9.20. The molecule has 0 unspecified atom stereocenters. The summed E-state index contributed by atoms with van der Waals surface area (Å²) in [5, 5.41) is 5.18. The van der Waals surface area contributed by atoms with E-state index in [9.17, 15) is 0 Å². The van der Waals surface area contributed by atoms with Crippen LogP contribution in [0.15, 0.2) is 133 Å². The van der Waals surface area contributed by atoms with E-state index in [0.29, 0.717) is 5.92 Å². The minimum Gasteiger partial charge on any atom is -0.336 e. The molecule has 0 aliphatic carbocycles. The highest BCUT2D eigenvalue weighted by Gasteiger charge is 2.30. The molecule has 0 atom stereocenters. The molecule has 0 spiro atoms. The highest BCUT2D eigenvalue weighted by Crippen LogP contribution is 2.47. The van der Waals surface area contributed by atoms with Gasteiger partial charge in [0.25, 0.3) is 0 Å². The summed E-state index contributed by atoms with van der Waals surface area (Å²) in [5.41, 5.74) is 7.36. The number of rotatable bonds is 9. The molecule has 0 radical (unpaired) electrons. The van der Waals surface area contributed by atoms with Crippen LogP contribution >= 0.6 is 0 Å². The number of anilines is 5. The van der Waals surface area contributed by atoms with Crippen LogP contribution in [0.2, 0.25) is 0 Å². The van der Waals surface area contributed by atoms with Crippen molar-refractivity contribution in [2.45, 2.75) is 58.9 Å². The lowest BCUT2D eigenvalue weighted by molar-refractivity contribution is 0.428. The van der Waals surface area contributed by atoms with Crippen LogP contribution in [0.1, 0.15) is 58.9 Å². The predicted octanol–water partition coefficient (Wildman–Crippen LogP) is 12.3. The van der Waals surface area contributed by atoms with E-state index in [1.54, 1.807) is 0 Å². The van der Waals surface area contributed by atoms with E-state index in [1.807, 2.05) is 0 Å². The van der Waals surface area contributed by atoms with E-state index in [2.05, 4.69) is 178 Å². The Balaban J connectivity index is 1.59. The van der Waals surface area contributed by atoms with Crippen LogP contribution in [0.4, 0.5) is 28.4 Å². The Morgan fingerprint density at radius 1 is 0.488 bits per heavy atom. The molecule has 2 nitrogen and oxygen atoms in total. The third kappa shape index (κ3) is 5.16. The van der Waals surface area contributed by atoms with Crippen LogP contribution in [0.3, 0.4) is 0 Å². The molecule has 0 aliphatic rings. The largest absolute Gasteiger partial charge is 0.336 e. The van der Waals surface area contributed by atoms with Gasteiger partial charge in [0.15, 0.2) is 0 Å². The second-order valence-electron chi connectivity index (χ2n) is 12.1. The van der Waals surface area contributed by atoms with Gasteiger partial charge < -0.3 is 9.80 Å². The molecule has 2 heteroatoms. The van der Waals surface area contributed by atoms with Crippen molar-refractivity contribution in [2.24, 2.45) is 0 Å². The summed E-state index contributed by atoms with van der Waals surface area (Å²) in [6.07, 6.45) is 2.10. The molecule has 0 amide bonds. The van der Waals surface area contributed by atoms with Crippen molar-refractivity contribution < 1.29 is 0 Å². The zero-order valence-electron chi connectivity index (χ0n) is 26.1. The van der Waals surface area contributed by atoms with Gasteiger partial charge >= 0.3 is 0 Å². The molecule has 6 aromatic carbocycles. The Hall–Kier alpha value is -4.56. The monoisotopic (exact) mass is 562 g/mol. The predicted molar refractivity (Wildman–Crippen MR) is 188 cm³/mol. The van der Waals surface area contributed by atoms with Gasteiger partial charge in [-0.25, -0.2) is 0 Å². The third-order valence-electron chi connectivity index (χ3n) is 9.20. The lowest BCUT2D eigenvalue weighted by Crippen LogP contribution is -2.42. The minimum absolute atomic E-state index is 0.00106. The topological polar surface area (TPSA) is 6.48 Å². The van der Waals surface area contributed by atoms with Crippen LogP contribution in [0.25, 0.3) is 21.5 Å². The molecule has 0 N–H and O–H groups in total. The standard InChI is InChI=1S/C41H42N2/c1-6-41(5,7-2)43(33-20-12-9-13-21-33)34-28-26-32(27-29-34)42(31-18-10-8-11-19-31)40-37-24-16-14-22-35(37)39(30(3)4)36-23-15-17-25-38(36)40/h8-30H,6-7H2,1-5H3. The molecular formula is C41H42N2. The lowest BCUT2D eigenvalue weighted by Gasteiger charge is -2.42. The summed E-state index contributed by atoms with van der Waals surface area (Å²) in [7, 11) is 0. The Kier molecular flexibility index (Phi) is 7.95. The normalized spacial score (nSPS) is 11.8. The first-order chi connectivity index (χ1) is 21.0. The first kappa shape index (κ1) is 28.6. The maximum absolute atomic E-state index is 2.52. The van der Waals surface area contributed by atoms with Gasteiger partial charge in [-0.1, -0.05) is 113 Å². The molecule has 6 rings (SSSR count). The number of hydrogen-bond acceptors (Lipinski definition) is 2. The lowest BCUT2D eigenvalue weighted by atomic mass is 9.88. The Labute approximate surface area is 257 Å². The van der Waals surface area contributed by atoms with Gasteiger partial charge in [-0.3, -0.25) is 0 Å². The van der Waals surface area contributed by atoms with Crippen molar-refractivity contribution >= 4 is 50.0 Å². The molecule has 0 bridgehead atoms. The van der Waals surface area contributed by atoms with Gasteiger partial charge in [-0.05, 0) is 90.6 Å². The quantitative estimate of drug-likeness (QED) is 0.162. The van der Waals surface area contributed by atoms with E-state index in [4.69, 9.17) is 0 Å². The van der Waals surface area contributed by atoms with Crippen LogP contribution in [-0.2, 0) is 0 Å². The summed E-state index contributed by atoms with van der Waals surface area (Å²) >= 11 is 0. The Bertz CT molecular complexity index is 1760. The number of para-hydroxylation sites is 2. The average Bonchev–Trinajstić information content (AvgIpc) is 3.06. The minimum atomic E-state index is 0.00106. The van der Waals surface area contributed by atoms with Gasteiger partial charge in [0.2, 0.25) is 0 Å². The molecule has 0 aliphatic heterocycles. The molecule has 43 heavy (non-hydrogen) atoms. The zero-order valence-corrected chi connectivity index (χ0v) is 26.1. The van der Waals surface area contributed by atoms with Gasteiger partial charge in [0, 0.05) is 39.1 Å². The molecule has 0 fully saturated rings. The highest BCUT2D eigenvalue weighted by atomic mass is 15.2. The van der Waals surface area contributed by atoms with Crippen molar-refractivity contribution in [1.29, 1.82) is 0 Å². The van der Waals surface area contributed by atoms with E-state index >= 15 is 0 Å². The van der Waals surface area contributed by atoms with Crippen molar-refractivity contribution in [3.8, 4) is 0 Å². The summed E-state index contributed by atoms with van der Waals surface area (Å²) in [6.45, 7) is 11.6. The second kappa shape index (κ2) is 12.0. The maximum Gasteiger partial charge on any atom is 0.0618 e. The Morgan fingerprint density at radius 2 is 0.860 bits per heavy atom. The van der Waals surface area contributed by atoms with Crippen molar-refractivity contribution in [2.75, 3.05) is 9.80 Å². The molecule has 0 saturated carbocycles. The number of hydrogen-bond donors (Lipinski definition) is 0. The second-order valence-corrected chi connectivity index (χ2v) is 12.1. The smallest absolute Gasteiger partial charge is 0.0618 e. The first-order valence-electron chi connectivity index (χ1n) is 15.7. The fraction of sp³-hybridized carbons (Fsp3) is 0.220. The van der Waals surface area contributed by atoms with E-state index in [0.717, 1.165) is 24.2 Å². The average molecular weight is 563 g/mol. The highest BCUT2D eigenvalue weighted by molar-refractivity contribution is 6.16. The van der Waals surface area contributed by atoms with E-state index in [1.165, 1.54) is 44.2 Å². The SMILES string of the molecule is CCC(C)(CC)N(c1ccccc1)c1ccc(N(c2ccccc2)c2c3ccccc3c(C(C)C)c3ccccc23)cc1. The van der Waals surface area contributed by atoms with Gasteiger partial charge in [0.1, 0.15) is 0 Å². The van der Waals surface area contributed by atoms with Gasteiger partial charge in [-0.2, -0.15) is 0 Å².